The Morgan fingerprint density at radius 1 is 1.42 bits per heavy atom. The maximum absolute atomic E-state index is 12.8. The third kappa shape index (κ3) is 1.72. The first-order valence-corrected chi connectivity index (χ1v) is 3.43. The van der Waals surface area contributed by atoms with Crippen LogP contribution < -0.4 is 10.9 Å². The topological polar surface area (TPSA) is 46.3 Å². The van der Waals surface area contributed by atoms with E-state index in [9.17, 15) is 9.28 Å². The predicted molar refractivity (Wildman–Crippen MR) is 45.1 cm³/mol. The van der Waals surface area contributed by atoms with Crippen molar-refractivity contribution in [2.75, 3.05) is 10.9 Å². The molecule has 1 rings (SSSR count). The van der Waals surface area contributed by atoms with Gasteiger partial charge in [0.05, 0.1) is 5.69 Å². The Morgan fingerprint density at radius 2 is 1.92 bits per heavy atom. The second-order valence-electron chi connectivity index (χ2n) is 2.39. The van der Waals surface area contributed by atoms with Crippen LogP contribution in [0.15, 0.2) is 24.3 Å². The van der Waals surface area contributed by atoms with Gasteiger partial charge in [0.25, 0.3) is 5.91 Å². The van der Waals surface area contributed by atoms with Crippen LogP contribution in [-0.2, 0) is 4.79 Å². The predicted octanol–water partition coefficient (Wildman–Crippen LogP) is 1.51. The number of benzene rings is 1. The van der Waals surface area contributed by atoms with Crippen LogP contribution in [0.1, 0.15) is 6.92 Å². The number of rotatable bonds is 1. The van der Waals surface area contributed by atoms with E-state index in [0.29, 0.717) is 5.69 Å². The second-order valence-corrected chi connectivity index (χ2v) is 2.39. The van der Waals surface area contributed by atoms with Crippen LogP contribution in [0, 0.1) is 0 Å². The largest absolute Gasteiger partial charge is 0.399 e. The Bertz CT molecular complexity index is 284. The molecule has 0 bridgehead atoms. The van der Waals surface area contributed by atoms with E-state index in [-0.39, 0.29) is 10.8 Å². The molecule has 0 aliphatic carbocycles. The van der Waals surface area contributed by atoms with Gasteiger partial charge in [-0.15, -0.1) is 5.12 Å². The summed E-state index contributed by atoms with van der Waals surface area (Å²) >= 11 is 0. The van der Waals surface area contributed by atoms with E-state index in [1.165, 1.54) is 24.3 Å². The molecule has 0 fully saturated rings. The van der Waals surface area contributed by atoms with Crippen LogP contribution in [0.4, 0.5) is 15.9 Å². The van der Waals surface area contributed by atoms with E-state index in [0.717, 1.165) is 6.92 Å². The van der Waals surface area contributed by atoms with Gasteiger partial charge < -0.3 is 5.73 Å². The molecular formula is C8H9FN2O. The summed E-state index contributed by atoms with van der Waals surface area (Å²) in [4.78, 5) is 10.5. The highest BCUT2D eigenvalue weighted by atomic mass is 19.2. The number of carbonyl (C=O) groups is 1. The fourth-order valence-electron chi connectivity index (χ4n) is 0.787. The molecule has 2 N–H and O–H groups in total. The van der Waals surface area contributed by atoms with Crippen molar-refractivity contribution in [1.82, 2.24) is 0 Å². The van der Waals surface area contributed by atoms with Crippen molar-refractivity contribution in [2.24, 2.45) is 0 Å². The van der Waals surface area contributed by atoms with Gasteiger partial charge in [0, 0.05) is 12.6 Å². The molecule has 0 radical (unpaired) electrons. The summed E-state index contributed by atoms with van der Waals surface area (Å²) in [6.07, 6.45) is 0. The van der Waals surface area contributed by atoms with Crippen LogP contribution in [0.5, 0.6) is 0 Å². The van der Waals surface area contributed by atoms with Gasteiger partial charge >= 0.3 is 0 Å². The number of nitrogens with zero attached hydrogens (tertiary/aromatic N) is 1. The minimum absolute atomic E-state index is 0.0689. The van der Waals surface area contributed by atoms with Crippen LogP contribution >= 0.6 is 0 Å². The number of anilines is 2. The highest BCUT2D eigenvalue weighted by Crippen LogP contribution is 2.16. The molecular weight excluding hydrogens is 159 g/mol. The van der Waals surface area contributed by atoms with Gasteiger partial charge in [-0.3, -0.25) is 4.79 Å². The van der Waals surface area contributed by atoms with Crippen LogP contribution in [0.25, 0.3) is 0 Å². The number of amides is 1. The minimum atomic E-state index is -0.653. The minimum Gasteiger partial charge on any atom is -0.399 e. The standard InChI is InChI=1S/C8H9FN2O/c1-6(12)11(9)8-4-2-7(10)3-5-8/h2-5H,10H2,1H3. The summed E-state index contributed by atoms with van der Waals surface area (Å²) in [5.41, 5.74) is 6.11. The lowest BCUT2D eigenvalue weighted by Crippen LogP contribution is -2.17. The molecule has 0 saturated heterocycles. The van der Waals surface area contributed by atoms with Crippen LogP contribution in [0.2, 0.25) is 0 Å². The molecule has 12 heavy (non-hydrogen) atoms. The van der Waals surface area contributed by atoms with Gasteiger partial charge in [-0.2, -0.15) is 0 Å². The van der Waals surface area contributed by atoms with Crippen molar-refractivity contribution >= 4 is 17.3 Å². The van der Waals surface area contributed by atoms with Gasteiger partial charge in [-0.05, 0) is 24.3 Å². The number of nitrogen functional groups attached to an aromatic ring is 1. The number of carbonyl (C=O) groups excluding carboxylic acids is 1. The van der Waals surface area contributed by atoms with Crippen LogP contribution in [0.3, 0.4) is 0 Å². The first-order valence-electron chi connectivity index (χ1n) is 3.43. The molecule has 4 heteroatoms. The fraction of sp³-hybridized carbons (Fsp3) is 0.125. The zero-order chi connectivity index (χ0) is 9.14. The van der Waals surface area contributed by atoms with E-state index >= 15 is 0 Å². The third-order valence-electron chi connectivity index (χ3n) is 1.40. The summed E-state index contributed by atoms with van der Waals surface area (Å²) in [5, 5.41) is 0.0689. The highest BCUT2D eigenvalue weighted by Gasteiger charge is 2.08. The van der Waals surface area contributed by atoms with Crippen molar-refractivity contribution < 1.29 is 9.28 Å². The first-order chi connectivity index (χ1) is 5.61. The second kappa shape index (κ2) is 3.21. The molecule has 0 aliphatic heterocycles. The molecule has 0 aromatic heterocycles. The molecule has 0 saturated carbocycles. The Labute approximate surface area is 69.5 Å². The fourth-order valence-corrected chi connectivity index (χ4v) is 0.787. The number of nitrogens with two attached hydrogens (primary N) is 1. The molecule has 1 amide bonds. The SMILES string of the molecule is CC(=O)N(F)c1ccc(N)cc1. The molecule has 1 aromatic rings. The summed E-state index contributed by atoms with van der Waals surface area (Å²) in [6.45, 7) is 1.15. The van der Waals surface area contributed by atoms with Crippen molar-refractivity contribution in [1.29, 1.82) is 0 Å². The maximum atomic E-state index is 12.8. The molecule has 0 aliphatic rings. The van der Waals surface area contributed by atoms with Gasteiger partial charge in [0.15, 0.2) is 0 Å². The van der Waals surface area contributed by atoms with Crippen molar-refractivity contribution in [3.05, 3.63) is 24.3 Å². The van der Waals surface area contributed by atoms with E-state index in [1.807, 2.05) is 0 Å². The van der Waals surface area contributed by atoms with Crippen molar-refractivity contribution in [3.63, 3.8) is 0 Å². The average molecular weight is 168 g/mol. The number of halogens is 1. The van der Waals surface area contributed by atoms with E-state index in [1.54, 1.807) is 0 Å². The average Bonchev–Trinajstić information content (AvgIpc) is 2.04. The van der Waals surface area contributed by atoms with Crippen molar-refractivity contribution in [2.45, 2.75) is 6.92 Å². The molecule has 0 unspecified atom stereocenters. The Balaban J connectivity index is 2.89. The quantitative estimate of drug-likeness (QED) is 0.510. The lowest BCUT2D eigenvalue weighted by atomic mass is 10.3. The smallest absolute Gasteiger partial charge is 0.251 e. The Hall–Kier alpha value is -1.58. The van der Waals surface area contributed by atoms with Crippen LogP contribution in [-0.4, -0.2) is 5.91 Å². The summed E-state index contributed by atoms with van der Waals surface area (Å²) in [6, 6.07) is 5.95. The van der Waals surface area contributed by atoms with Gasteiger partial charge in [0.1, 0.15) is 0 Å². The Morgan fingerprint density at radius 3 is 2.33 bits per heavy atom. The third-order valence-corrected chi connectivity index (χ3v) is 1.40. The molecule has 3 nitrogen and oxygen atoms in total. The monoisotopic (exact) mass is 168 g/mol. The van der Waals surface area contributed by atoms with E-state index in [2.05, 4.69) is 0 Å². The Kier molecular flexibility index (Phi) is 2.28. The number of hydrogen-bond donors (Lipinski definition) is 1. The zero-order valence-corrected chi connectivity index (χ0v) is 6.62. The zero-order valence-electron chi connectivity index (χ0n) is 6.62. The summed E-state index contributed by atoms with van der Waals surface area (Å²) < 4.78 is 12.8. The van der Waals surface area contributed by atoms with E-state index in [4.69, 9.17) is 5.73 Å². The van der Waals surface area contributed by atoms with E-state index < -0.39 is 5.91 Å². The van der Waals surface area contributed by atoms with Gasteiger partial charge in [-0.25, -0.2) is 0 Å². The molecule has 64 valence electrons. The first kappa shape index (κ1) is 8.52. The summed E-state index contributed by atoms with van der Waals surface area (Å²) in [7, 11) is 0. The van der Waals surface area contributed by atoms with Gasteiger partial charge in [0.2, 0.25) is 0 Å². The molecule has 1 aromatic carbocycles. The lowest BCUT2D eigenvalue weighted by Gasteiger charge is -2.08. The van der Waals surface area contributed by atoms with Crippen molar-refractivity contribution in [3.8, 4) is 0 Å². The summed E-state index contributed by atoms with van der Waals surface area (Å²) in [5.74, 6) is -0.653. The normalized spacial score (nSPS) is 9.50. The number of hydrogen-bond acceptors (Lipinski definition) is 2. The molecule has 0 spiro atoms. The highest BCUT2D eigenvalue weighted by molar-refractivity contribution is 5.89. The molecule has 0 heterocycles. The lowest BCUT2D eigenvalue weighted by molar-refractivity contribution is -0.119. The van der Waals surface area contributed by atoms with Gasteiger partial charge in [-0.1, -0.05) is 4.48 Å². The molecule has 0 atom stereocenters. The maximum Gasteiger partial charge on any atom is 0.251 e.